The molecule has 1 unspecified atom stereocenters. The molecule has 0 aliphatic carbocycles. The first-order valence-corrected chi connectivity index (χ1v) is 12.4. The van der Waals surface area contributed by atoms with Crippen LogP contribution in [0.4, 0.5) is 11.4 Å². The summed E-state index contributed by atoms with van der Waals surface area (Å²) in [6, 6.07) is 6.65. The van der Waals surface area contributed by atoms with Gasteiger partial charge in [-0.1, -0.05) is 46.4 Å². The van der Waals surface area contributed by atoms with E-state index >= 15 is 0 Å². The van der Waals surface area contributed by atoms with Gasteiger partial charge in [-0.05, 0) is 43.7 Å². The van der Waals surface area contributed by atoms with Crippen LogP contribution in [0, 0.1) is 11.8 Å². The van der Waals surface area contributed by atoms with Crippen LogP contribution in [-0.2, 0) is 19.9 Å². The molecule has 9 nitrogen and oxygen atoms in total. The van der Waals surface area contributed by atoms with Gasteiger partial charge >= 0.3 is 0 Å². The van der Waals surface area contributed by atoms with Gasteiger partial charge in [0, 0.05) is 38.9 Å². The molecule has 5 N–H and O–H groups in total. The van der Waals surface area contributed by atoms with Crippen LogP contribution in [0.25, 0.3) is 0 Å². The summed E-state index contributed by atoms with van der Waals surface area (Å²) in [6.45, 7) is 1.56. The largest absolute Gasteiger partial charge is 0.389 e. The minimum Gasteiger partial charge on any atom is -0.389 e. The molecule has 1 spiro atoms. The summed E-state index contributed by atoms with van der Waals surface area (Å²) in [5.74, 6) is -4.79. The quantitative estimate of drug-likeness (QED) is 0.281. The minimum atomic E-state index is -1.78. The summed E-state index contributed by atoms with van der Waals surface area (Å²) in [5.41, 5.74) is -0.636. The topological polar surface area (TPSA) is 131 Å². The van der Waals surface area contributed by atoms with Crippen LogP contribution in [0.5, 0.6) is 0 Å². The predicted molar refractivity (Wildman–Crippen MR) is 135 cm³/mol. The number of nitrogens with one attached hydrogen (secondary N) is 3. The average Bonchev–Trinajstić information content (AvgIpc) is 3.33. The Bertz CT molecular complexity index is 1300. The van der Waals surface area contributed by atoms with Gasteiger partial charge in [0.1, 0.15) is 5.54 Å². The van der Waals surface area contributed by atoms with E-state index in [0.717, 1.165) is 0 Å². The van der Waals surface area contributed by atoms with Crippen molar-refractivity contribution in [2.45, 2.75) is 30.5 Å². The monoisotopic (exact) mass is 572 g/mol. The third kappa shape index (κ3) is 3.77. The Hall–Kier alpha value is -2.11. The highest BCUT2D eigenvalue weighted by atomic mass is 35.5. The molecule has 5 rings (SSSR count). The lowest BCUT2D eigenvalue weighted by Crippen LogP contribution is -2.56. The number of benzene rings is 2. The van der Waals surface area contributed by atoms with E-state index in [1.165, 1.54) is 30.3 Å². The molecule has 0 bridgehead atoms. The van der Waals surface area contributed by atoms with Crippen molar-refractivity contribution >= 4 is 75.5 Å². The summed E-state index contributed by atoms with van der Waals surface area (Å²) in [5, 5.41) is 27.0. The first kappa shape index (κ1) is 25.5. The van der Waals surface area contributed by atoms with Crippen LogP contribution >= 0.6 is 46.4 Å². The minimum absolute atomic E-state index is 0.0311. The number of hydrogen-bond acceptors (Lipinski definition) is 6. The maximum atomic E-state index is 13.8. The lowest BCUT2D eigenvalue weighted by molar-refractivity contribution is -0.146. The summed E-state index contributed by atoms with van der Waals surface area (Å²) < 4.78 is 0. The summed E-state index contributed by atoms with van der Waals surface area (Å²) >= 11 is 24.8. The maximum Gasteiger partial charge on any atom is 0.250 e. The summed E-state index contributed by atoms with van der Waals surface area (Å²) in [4.78, 5) is 42.4. The number of carbonyl (C=O) groups excluding carboxylic acids is 3. The molecule has 2 aromatic carbocycles. The molecule has 0 radical (unpaired) electrons. The summed E-state index contributed by atoms with van der Waals surface area (Å²) in [6.07, 6.45) is 0.0786. The van der Waals surface area contributed by atoms with E-state index in [9.17, 15) is 24.7 Å². The molecule has 0 aromatic heterocycles. The number of rotatable bonds is 3. The van der Waals surface area contributed by atoms with Gasteiger partial charge in [0.15, 0.2) is 0 Å². The molecule has 190 valence electrons. The van der Waals surface area contributed by atoms with Crippen LogP contribution in [0.3, 0.4) is 0 Å². The number of hydrogen-bond donors (Lipinski definition) is 5. The number of anilines is 2. The number of hydroxylamine groups is 1. The molecular formula is C23H20Cl4N4O5. The van der Waals surface area contributed by atoms with Crippen LogP contribution < -0.4 is 16.1 Å². The van der Waals surface area contributed by atoms with Crippen molar-refractivity contribution in [2.24, 2.45) is 11.8 Å². The van der Waals surface area contributed by atoms with E-state index in [-0.39, 0.29) is 50.0 Å². The first-order valence-electron chi connectivity index (χ1n) is 10.9. The molecule has 2 aromatic rings. The zero-order valence-corrected chi connectivity index (χ0v) is 21.6. The number of carbonyl (C=O) groups is 3. The van der Waals surface area contributed by atoms with E-state index < -0.39 is 46.7 Å². The van der Waals surface area contributed by atoms with E-state index in [4.69, 9.17) is 46.4 Å². The van der Waals surface area contributed by atoms with E-state index in [1.54, 1.807) is 17.3 Å². The van der Waals surface area contributed by atoms with Crippen LogP contribution in [-0.4, -0.2) is 51.1 Å². The predicted octanol–water partition coefficient (Wildman–Crippen LogP) is 3.66. The van der Waals surface area contributed by atoms with Crippen LogP contribution in [0.2, 0.25) is 20.1 Å². The van der Waals surface area contributed by atoms with Gasteiger partial charge in [-0.2, -0.15) is 0 Å². The number of fused-ring (bicyclic) bond motifs is 4. The molecule has 3 aliphatic heterocycles. The van der Waals surface area contributed by atoms with Crippen molar-refractivity contribution in [1.82, 2.24) is 10.4 Å². The number of halogens is 4. The molecule has 2 saturated heterocycles. The highest BCUT2D eigenvalue weighted by molar-refractivity contribution is 6.38. The number of aliphatic hydroxyl groups is 1. The van der Waals surface area contributed by atoms with Gasteiger partial charge in [-0.25, -0.2) is 5.48 Å². The van der Waals surface area contributed by atoms with Gasteiger partial charge in [-0.3, -0.25) is 24.5 Å². The van der Waals surface area contributed by atoms with Crippen molar-refractivity contribution in [2.75, 3.05) is 17.2 Å². The highest BCUT2D eigenvalue weighted by Crippen LogP contribution is 2.60. The Kier molecular flexibility index (Phi) is 6.19. The average molecular weight is 574 g/mol. The fraction of sp³-hybridized carbons (Fsp3) is 0.348. The third-order valence-corrected chi connectivity index (χ3v) is 8.07. The van der Waals surface area contributed by atoms with Gasteiger partial charge < -0.3 is 15.7 Å². The van der Waals surface area contributed by atoms with E-state index in [2.05, 4.69) is 10.6 Å². The molecule has 13 heteroatoms. The Balaban J connectivity index is 1.70. The number of amides is 3. The van der Waals surface area contributed by atoms with Crippen molar-refractivity contribution in [3.05, 3.63) is 56.0 Å². The van der Waals surface area contributed by atoms with Gasteiger partial charge in [-0.15, -0.1) is 0 Å². The Morgan fingerprint density at radius 2 is 1.69 bits per heavy atom. The normalized spacial score (nSPS) is 30.8. The molecule has 5 atom stereocenters. The van der Waals surface area contributed by atoms with E-state index in [1.807, 2.05) is 0 Å². The summed E-state index contributed by atoms with van der Waals surface area (Å²) in [7, 11) is 0. The fourth-order valence-electron chi connectivity index (χ4n) is 6.00. The third-order valence-electron chi connectivity index (χ3n) is 7.11. The van der Waals surface area contributed by atoms with Gasteiger partial charge in [0.05, 0.1) is 28.1 Å². The standard InChI is InChI=1S/C23H20Cl4N4O5/c1-22(35)7-15-16(19(32)28-12-3-9(24)2-10(25)4-12)17(20(33)30-36)23(31(15)8-22)13-5-11(26)6-14(27)18(13)29-21(23)34/h2-6,15-17,35-36H,7-8H2,1H3,(H,28,32)(H,29,34)(H,30,33)/t15-,16+,17-,22+,23?/m1/s1. The number of nitrogens with zero attached hydrogens (tertiary/aromatic N) is 1. The zero-order valence-electron chi connectivity index (χ0n) is 18.6. The second-order valence-corrected chi connectivity index (χ2v) is 11.3. The highest BCUT2D eigenvalue weighted by Gasteiger charge is 2.73. The molecule has 2 fully saturated rings. The Morgan fingerprint density at radius 3 is 2.33 bits per heavy atom. The van der Waals surface area contributed by atoms with Gasteiger partial charge in [0.2, 0.25) is 11.8 Å². The fourth-order valence-corrected chi connectivity index (χ4v) is 7.07. The van der Waals surface area contributed by atoms with Crippen molar-refractivity contribution in [3.8, 4) is 0 Å². The smallest absolute Gasteiger partial charge is 0.250 e. The SMILES string of the molecule is C[C@]1(O)C[C@@H]2[C@H](C(=O)Nc3cc(Cl)cc(Cl)c3)[C@H](C(=O)NO)C3(C(=O)Nc4c(Cl)cc(Cl)cc43)N2C1. The van der Waals surface area contributed by atoms with E-state index in [0.29, 0.717) is 0 Å². The second kappa shape index (κ2) is 8.73. The maximum absolute atomic E-state index is 13.8. The molecule has 3 amide bonds. The molecular weight excluding hydrogens is 554 g/mol. The lowest BCUT2D eigenvalue weighted by Gasteiger charge is -2.37. The van der Waals surface area contributed by atoms with Gasteiger partial charge in [0.25, 0.3) is 5.91 Å². The lowest BCUT2D eigenvalue weighted by atomic mass is 9.72. The molecule has 3 heterocycles. The van der Waals surface area contributed by atoms with Crippen molar-refractivity contribution < 1.29 is 24.7 Å². The second-order valence-electron chi connectivity index (χ2n) is 9.55. The van der Waals surface area contributed by atoms with Crippen LogP contribution in [0.15, 0.2) is 30.3 Å². The zero-order chi connectivity index (χ0) is 26.2. The molecule has 3 aliphatic rings. The van der Waals surface area contributed by atoms with Crippen molar-refractivity contribution in [3.63, 3.8) is 0 Å². The molecule has 36 heavy (non-hydrogen) atoms. The van der Waals surface area contributed by atoms with Crippen LogP contribution in [0.1, 0.15) is 18.9 Å². The van der Waals surface area contributed by atoms with Crippen molar-refractivity contribution in [1.29, 1.82) is 0 Å². The first-order chi connectivity index (χ1) is 16.9. The Labute approximate surface area is 225 Å². The molecule has 0 saturated carbocycles. The Morgan fingerprint density at radius 1 is 1.06 bits per heavy atom.